The first-order valence-electron chi connectivity index (χ1n) is 8.70. The third kappa shape index (κ3) is 4.50. The van der Waals surface area contributed by atoms with E-state index in [1.54, 1.807) is 11.7 Å². The predicted molar refractivity (Wildman–Crippen MR) is 98.4 cm³/mol. The van der Waals surface area contributed by atoms with E-state index in [1.165, 1.54) is 12.1 Å². The second-order valence-electron chi connectivity index (χ2n) is 6.44. The molecule has 0 aliphatic carbocycles. The molecule has 2 heterocycles. The number of guanidine groups is 1. The Morgan fingerprint density at radius 3 is 2.92 bits per heavy atom. The fourth-order valence-electron chi connectivity index (χ4n) is 3.15. The summed E-state index contributed by atoms with van der Waals surface area (Å²) in [5, 5.41) is 10.8. The number of benzene rings is 1. The normalized spacial score (nSPS) is 17.6. The molecule has 1 aromatic heterocycles. The lowest BCUT2D eigenvalue weighted by atomic mass is 10.2. The summed E-state index contributed by atoms with van der Waals surface area (Å²) in [6, 6.07) is 3.87. The monoisotopic (exact) mass is 362 g/mol. The third-order valence-electron chi connectivity index (χ3n) is 4.47. The van der Waals surface area contributed by atoms with E-state index in [2.05, 4.69) is 20.7 Å². The standard InChI is InChI=1S/C18H24F2N6/c1-21-18(22-7-5-13-10-23-25(2)11-13)24-15-6-8-26(12-15)17-4-3-14(19)9-16(17)20/h3-4,9-11,15H,5-8,12H2,1-2H3,(H2,21,22,24). The first kappa shape index (κ1) is 18.2. The molecule has 0 radical (unpaired) electrons. The van der Waals surface area contributed by atoms with Gasteiger partial charge in [-0.15, -0.1) is 0 Å². The van der Waals surface area contributed by atoms with Gasteiger partial charge in [-0.2, -0.15) is 5.10 Å². The van der Waals surface area contributed by atoms with Crippen molar-refractivity contribution in [2.75, 3.05) is 31.6 Å². The molecule has 0 spiro atoms. The summed E-state index contributed by atoms with van der Waals surface area (Å²) in [6.45, 7) is 2.10. The van der Waals surface area contributed by atoms with Crippen LogP contribution < -0.4 is 15.5 Å². The van der Waals surface area contributed by atoms with Gasteiger partial charge in [0.2, 0.25) is 0 Å². The summed E-state index contributed by atoms with van der Waals surface area (Å²) in [7, 11) is 3.62. The molecule has 1 unspecified atom stereocenters. The van der Waals surface area contributed by atoms with Crippen LogP contribution in [0.2, 0.25) is 0 Å². The summed E-state index contributed by atoms with van der Waals surface area (Å²) >= 11 is 0. The van der Waals surface area contributed by atoms with Crippen molar-refractivity contribution in [1.82, 2.24) is 20.4 Å². The summed E-state index contributed by atoms with van der Waals surface area (Å²) in [6.07, 6.45) is 5.56. The number of aliphatic imine (C=N–C) groups is 1. The van der Waals surface area contributed by atoms with Crippen molar-refractivity contribution in [3.63, 3.8) is 0 Å². The molecule has 2 N–H and O–H groups in total. The fourth-order valence-corrected chi connectivity index (χ4v) is 3.15. The fraction of sp³-hybridized carbons (Fsp3) is 0.444. The van der Waals surface area contributed by atoms with E-state index in [9.17, 15) is 8.78 Å². The molecule has 6 nitrogen and oxygen atoms in total. The van der Waals surface area contributed by atoms with Crippen molar-refractivity contribution < 1.29 is 8.78 Å². The Kier molecular flexibility index (Phi) is 5.70. The van der Waals surface area contributed by atoms with Crippen molar-refractivity contribution in [3.8, 4) is 0 Å². The van der Waals surface area contributed by atoms with Gasteiger partial charge in [-0.25, -0.2) is 8.78 Å². The largest absolute Gasteiger partial charge is 0.367 e. The Bertz CT molecular complexity index is 773. The van der Waals surface area contributed by atoms with Crippen LogP contribution in [0, 0.1) is 11.6 Å². The van der Waals surface area contributed by atoms with Crippen molar-refractivity contribution in [1.29, 1.82) is 0 Å². The molecule has 1 atom stereocenters. The maximum Gasteiger partial charge on any atom is 0.191 e. The minimum Gasteiger partial charge on any atom is -0.367 e. The SMILES string of the molecule is CN=C(NCCc1cnn(C)c1)NC1CCN(c2ccc(F)cc2F)C1. The molecule has 1 aliphatic heterocycles. The number of nitrogens with zero attached hydrogens (tertiary/aromatic N) is 4. The number of anilines is 1. The number of nitrogens with one attached hydrogen (secondary N) is 2. The van der Waals surface area contributed by atoms with Gasteiger partial charge in [0.1, 0.15) is 11.6 Å². The minimum atomic E-state index is -0.557. The molecule has 0 amide bonds. The quantitative estimate of drug-likeness (QED) is 0.628. The Hall–Kier alpha value is -2.64. The van der Waals surface area contributed by atoms with Gasteiger partial charge in [0, 0.05) is 52.0 Å². The zero-order valence-corrected chi connectivity index (χ0v) is 15.0. The smallest absolute Gasteiger partial charge is 0.191 e. The van der Waals surface area contributed by atoms with E-state index in [1.807, 2.05) is 24.3 Å². The number of aromatic nitrogens is 2. The second kappa shape index (κ2) is 8.16. The highest BCUT2D eigenvalue weighted by molar-refractivity contribution is 5.80. The summed E-state index contributed by atoms with van der Waals surface area (Å²) in [5.41, 5.74) is 1.60. The lowest BCUT2D eigenvalue weighted by Gasteiger charge is -2.21. The number of aryl methyl sites for hydroxylation is 1. The van der Waals surface area contributed by atoms with Gasteiger partial charge in [-0.05, 0) is 30.5 Å². The van der Waals surface area contributed by atoms with Crippen molar-refractivity contribution in [2.24, 2.45) is 12.0 Å². The Morgan fingerprint density at radius 2 is 2.23 bits per heavy atom. The van der Waals surface area contributed by atoms with E-state index in [0.717, 1.165) is 37.0 Å². The van der Waals surface area contributed by atoms with E-state index in [4.69, 9.17) is 0 Å². The van der Waals surface area contributed by atoms with E-state index in [0.29, 0.717) is 18.8 Å². The van der Waals surface area contributed by atoms with Gasteiger partial charge in [-0.3, -0.25) is 9.67 Å². The zero-order chi connectivity index (χ0) is 18.5. The van der Waals surface area contributed by atoms with Gasteiger partial charge in [-0.1, -0.05) is 0 Å². The molecule has 2 aromatic rings. The highest BCUT2D eigenvalue weighted by Gasteiger charge is 2.25. The Morgan fingerprint density at radius 1 is 1.38 bits per heavy atom. The van der Waals surface area contributed by atoms with Gasteiger partial charge in [0.15, 0.2) is 5.96 Å². The molecule has 0 saturated carbocycles. The number of halogens is 2. The lowest BCUT2D eigenvalue weighted by Crippen LogP contribution is -2.45. The number of hydrogen-bond acceptors (Lipinski definition) is 3. The predicted octanol–water partition coefficient (Wildman–Crippen LogP) is 1.68. The molecule has 1 saturated heterocycles. The highest BCUT2D eigenvalue weighted by atomic mass is 19.1. The molecular weight excluding hydrogens is 338 g/mol. The van der Waals surface area contributed by atoms with Crippen LogP contribution >= 0.6 is 0 Å². The topological polar surface area (TPSA) is 57.5 Å². The number of hydrogen-bond donors (Lipinski definition) is 2. The summed E-state index contributed by atoms with van der Waals surface area (Å²) < 4.78 is 28.8. The van der Waals surface area contributed by atoms with Crippen molar-refractivity contribution >= 4 is 11.6 Å². The molecule has 1 aromatic carbocycles. The van der Waals surface area contributed by atoms with Crippen LogP contribution in [0.4, 0.5) is 14.5 Å². The maximum absolute atomic E-state index is 13.9. The average molecular weight is 362 g/mol. The second-order valence-corrected chi connectivity index (χ2v) is 6.44. The van der Waals surface area contributed by atoms with Crippen LogP contribution in [0.3, 0.4) is 0 Å². The van der Waals surface area contributed by atoms with Crippen LogP contribution in [0.1, 0.15) is 12.0 Å². The summed E-state index contributed by atoms with van der Waals surface area (Å²) in [4.78, 5) is 6.17. The minimum absolute atomic E-state index is 0.157. The van der Waals surface area contributed by atoms with E-state index >= 15 is 0 Å². The lowest BCUT2D eigenvalue weighted by molar-refractivity contribution is 0.580. The first-order chi connectivity index (χ1) is 12.5. The van der Waals surface area contributed by atoms with Crippen LogP contribution in [0.25, 0.3) is 0 Å². The van der Waals surface area contributed by atoms with Gasteiger partial charge < -0.3 is 15.5 Å². The maximum atomic E-state index is 13.9. The van der Waals surface area contributed by atoms with Crippen LogP contribution in [-0.2, 0) is 13.5 Å². The Balaban J connectivity index is 1.48. The molecule has 3 rings (SSSR count). The number of rotatable bonds is 5. The Labute approximate surface area is 151 Å². The first-order valence-corrected chi connectivity index (χ1v) is 8.70. The van der Waals surface area contributed by atoms with Crippen LogP contribution in [0.15, 0.2) is 35.6 Å². The van der Waals surface area contributed by atoms with Crippen molar-refractivity contribution in [2.45, 2.75) is 18.9 Å². The molecule has 26 heavy (non-hydrogen) atoms. The third-order valence-corrected chi connectivity index (χ3v) is 4.47. The molecule has 8 heteroatoms. The van der Waals surface area contributed by atoms with Crippen LogP contribution in [0.5, 0.6) is 0 Å². The van der Waals surface area contributed by atoms with E-state index < -0.39 is 11.6 Å². The molecule has 0 bridgehead atoms. The van der Waals surface area contributed by atoms with Crippen LogP contribution in [-0.4, -0.2) is 48.5 Å². The van der Waals surface area contributed by atoms with Gasteiger partial charge in [0.05, 0.1) is 11.9 Å². The highest BCUT2D eigenvalue weighted by Crippen LogP contribution is 2.24. The molecule has 1 aliphatic rings. The average Bonchev–Trinajstić information content (AvgIpc) is 3.23. The molecule has 1 fully saturated rings. The zero-order valence-electron chi connectivity index (χ0n) is 15.0. The van der Waals surface area contributed by atoms with E-state index in [-0.39, 0.29) is 6.04 Å². The van der Waals surface area contributed by atoms with Crippen molar-refractivity contribution in [3.05, 3.63) is 47.8 Å². The van der Waals surface area contributed by atoms with Gasteiger partial charge in [0.25, 0.3) is 0 Å². The van der Waals surface area contributed by atoms with Gasteiger partial charge >= 0.3 is 0 Å². The molecular formula is C18H24F2N6. The summed E-state index contributed by atoms with van der Waals surface area (Å²) in [5.74, 6) is -0.358. The molecule has 140 valence electrons.